The molecule has 1 amide bonds. The van der Waals surface area contributed by atoms with E-state index in [1.165, 1.54) is 180 Å². The van der Waals surface area contributed by atoms with E-state index in [9.17, 15) is 15.0 Å². The average molecular weight is 702 g/mol. The van der Waals surface area contributed by atoms with Crippen LogP contribution in [0.25, 0.3) is 0 Å². The molecule has 4 nitrogen and oxygen atoms in total. The first kappa shape index (κ1) is 48.6. The monoisotopic (exact) mass is 702 g/mol. The minimum atomic E-state index is -0.860. The number of carbonyl (C=O) groups excluding carboxylic acids is 1. The largest absolute Gasteiger partial charge is 0.394 e. The third-order valence-electron chi connectivity index (χ3n) is 10.1. The first-order valence-corrected chi connectivity index (χ1v) is 22.2. The smallest absolute Gasteiger partial charge is 0.220 e. The molecule has 0 heterocycles. The molecule has 0 saturated carbocycles. The van der Waals surface area contributed by atoms with Crippen LogP contribution in [0.15, 0.2) is 36.5 Å². The molecule has 2 unspecified atom stereocenters. The fourth-order valence-electron chi connectivity index (χ4n) is 6.66. The van der Waals surface area contributed by atoms with Gasteiger partial charge in [0.25, 0.3) is 0 Å². The molecule has 0 rings (SSSR count). The van der Waals surface area contributed by atoms with Crippen molar-refractivity contribution in [1.82, 2.24) is 5.32 Å². The molecular formula is C46H87NO3. The molecule has 0 bridgehead atoms. The van der Waals surface area contributed by atoms with E-state index < -0.39 is 12.1 Å². The highest BCUT2D eigenvalue weighted by Crippen LogP contribution is 2.14. The molecule has 0 aliphatic heterocycles. The summed E-state index contributed by atoms with van der Waals surface area (Å²) >= 11 is 0. The second-order valence-electron chi connectivity index (χ2n) is 15.1. The minimum Gasteiger partial charge on any atom is -0.394 e. The Kier molecular flexibility index (Phi) is 40.9. The number of aliphatic hydroxyl groups excluding tert-OH is 2. The van der Waals surface area contributed by atoms with Gasteiger partial charge in [-0.25, -0.2) is 0 Å². The van der Waals surface area contributed by atoms with Crippen LogP contribution in [0.2, 0.25) is 0 Å². The summed E-state index contributed by atoms with van der Waals surface area (Å²) in [6.07, 6.45) is 55.4. The predicted octanol–water partition coefficient (Wildman–Crippen LogP) is 13.8. The quantitative estimate of drug-likeness (QED) is 0.0440. The highest BCUT2D eigenvalue weighted by Gasteiger charge is 2.17. The van der Waals surface area contributed by atoms with E-state index in [1.807, 2.05) is 6.08 Å². The molecule has 0 fully saturated rings. The van der Waals surface area contributed by atoms with Crippen molar-refractivity contribution in [3.05, 3.63) is 36.5 Å². The Bertz CT molecular complexity index is 760. The standard InChI is InChI=1S/C46H87NO3/c1-3-5-7-9-11-13-15-17-19-20-21-22-23-24-25-26-28-30-32-34-36-38-40-42-46(50)47-44(43-48)45(49)41-39-37-35-33-31-29-27-18-16-14-12-10-8-6-4-2/h20-21,31,33,39,41,44-45,48-49H,3-19,22-30,32,34-38,40,42-43H2,1-2H3,(H,47,50)/b21-20-,33-31+,41-39+. The van der Waals surface area contributed by atoms with E-state index in [2.05, 4.69) is 43.5 Å². The summed E-state index contributed by atoms with van der Waals surface area (Å²) < 4.78 is 0. The highest BCUT2D eigenvalue weighted by molar-refractivity contribution is 5.76. The van der Waals surface area contributed by atoms with Crippen molar-refractivity contribution in [2.75, 3.05) is 6.61 Å². The number of nitrogens with one attached hydrogen (secondary N) is 1. The van der Waals surface area contributed by atoms with Crippen molar-refractivity contribution >= 4 is 5.91 Å². The van der Waals surface area contributed by atoms with Gasteiger partial charge in [-0.3, -0.25) is 4.79 Å². The van der Waals surface area contributed by atoms with Gasteiger partial charge < -0.3 is 15.5 Å². The number of rotatable bonds is 40. The van der Waals surface area contributed by atoms with Gasteiger partial charge in [0, 0.05) is 6.42 Å². The normalized spacial score (nSPS) is 13.3. The number of carbonyl (C=O) groups is 1. The number of hydrogen-bond acceptors (Lipinski definition) is 3. The van der Waals surface area contributed by atoms with Crippen LogP contribution >= 0.6 is 0 Å². The van der Waals surface area contributed by atoms with Gasteiger partial charge in [0.2, 0.25) is 5.91 Å². The van der Waals surface area contributed by atoms with Crippen molar-refractivity contribution in [2.24, 2.45) is 0 Å². The van der Waals surface area contributed by atoms with Crippen molar-refractivity contribution in [3.8, 4) is 0 Å². The van der Waals surface area contributed by atoms with Crippen LogP contribution in [0.5, 0.6) is 0 Å². The van der Waals surface area contributed by atoms with Crippen LogP contribution in [-0.4, -0.2) is 34.9 Å². The SMILES string of the molecule is CCCCCCCCCC/C=C\CCCCCCCCCCCCCC(=O)NC(CO)C(O)/C=C/CC/C=C/CCCCCCCCCCC. The number of amides is 1. The van der Waals surface area contributed by atoms with Crippen LogP contribution in [0.1, 0.15) is 232 Å². The van der Waals surface area contributed by atoms with Gasteiger partial charge in [0.05, 0.1) is 18.8 Å². The second kappa shape index (κ2) is 42.0. The molecule has 0 aliphatic rings. The van der Waals surface area contributed by atoms with Gasteiger partial charge in [-0.15, -0.1) is 0 Å². The summed E-state index contributed by atoms with van der Waals surface area (Å²) in [5.41, 5.74) is 0. The van der Waals surface area contributed by atoms with Crippen LogP contribution in [-0.2, 0) is 4.79 Å². The van der Waals surface area contributed by atoms with E-state index in [-0.39, 0.29) is 12.5 Å². The molecule has 4 heteroatoms. The average Bonchev–Trinajstić information content (AvgIpc) is 3.12. The van der Waals surface area contributed by atoms with Gasteiger partial charge in [-0.1, -0.05) is 204 Å². The molecule has 0 aromatic rings. The fraction of sp³-hybridized carbons (Fsp3) is 0.848. The Morgan fingerprint density at radius 1 is 0.460 bits per heavy atom. The molecule has 3 N–H and O–H groups in total. The van der Waals surface area contributed by atoms with Gasteiger partial charge in [-0.05, 0) is 57.8 Å². The molecule has 2 atom stereocenters. The minimum absolute atomic E-state index is 0.0742. The lowest BCUT2D eigenvalue weighted by Crippen LogP contribution is -2.45. The molecule has 0 spiro atoms. The molecule has 0 aromatic carbocycles. The van der Waals surface area contributed by atoms with Gasteiger partial charge in [-0.2, -0.15) is 0 Å². The summed E-state index contributed by atoms with van der Waals surface area (Å²) in [5.74, 6) is -0.0742. The lowest BCUT2D eigenvalue weighted by molar-refractivity contribution is -0.123. The molecule has 0 saturated heterocycles. The van der Waals surface area contributed by atoms with Crippen LogP contribution in [0.3, 0.4) is 0 Å². The maximum absolute atomic E-state index is 12.4. The first-order valence-electron chi connectivity index (χ1n) is 22.2. The number of allylic oxidation sites excluding steroid dienone is 5. The zero-order valence-corrected chi connectivity index (χ0v) is 33.7. The Morgan fingerprint density at radius 2 is 0.780 bits per heavy atom. The first-order chi connectivity index (χ1) is 24.7. The van der Waals surface area contributed by atoms with E-state index in [0.29, 0.717) is 6.42 Å². The molecule has 294 valence electrons. The summed E-state index contributed by atoms with van der Waals surface area (Å²) in [5, 5.41) is 23.0. The topological polar surface area (TPSA) is 69.6 Å². The zero-order chi connectivity index (χ0) is 36.4. The van der Waals surface area contributed by atoms with E-state index in [0.717, 1.165) is 32.1 Å². The predicted molar refractivity (Wildman–Crippen MR) is 221 cm³/mol. The summed E-state index contributed by atoms with van der Waals surface area (Å²) in [6.45, 7) is 4.30. The number of aliphatic hydroxyl groups is 2. The van der Waals surface area contributed by atoms with Crippen molar-refractivity contribution in [2.45, 2.75) is 244 Å². The number of hydrogen-bond donors (Lipinski definition) is 3. The summed E-state index contributed by atoms with van der Waals surface area (Å²) in [4.78, 5) is 12.4. The number of unbranched alkanes of at least 4 members (excludes halogenated alkanes) is 29. The van der Waals surface area contributed by atoms with Crippen molar-refractivity contribution < 1.29 is 15.0 Å². The summed E-state index contributed by atoms with van der Waals surface area (Å²) in [7, 11) is 0. The molecule has 50 heavy (non-hydrogen) atoms. The van der Waals surface area contributed by atoms with Crippen LogP contribution in [0, 0.1) is 0 Å². The van der Waals surface area contributed by atoms with Crippen molar-refractivity contribution in [1.29, 1.82) is 0 Å². The zero-order valence-electron chi connectivity index (χ0n) is 33.7. The Balaban J connectivity index is 3.57. The van der Waals surface area contributed by atoms with Crippen LogP contribution < -0.4 is 5.32 Å². The maximum atomic E-state index is 12.4. The third kappa shape index (κ3) is 37.9. The Labute approximate surface area is 312 Å². The molecule has 0 radical (unpaired) electrons. The van der Waals surface area contributed by atoms with Crippen LogP contribution in [0.4, 0.5) is 0 Å². The highest BCUT2D eigenvalue weighted by atomic mass is 16.3. The van der Waals surface area contributed by atoms with Gasteiger partial charge in [0.15, 0.2) is 0 Å². The molecular weight excluding hydrogens is 615 g/mol. The van der Waals surface area contributed by atoms with Gasteiger partial charge >= 0.3 is 0 Å². The van der Waals surface area contributed by atoms with E-state index in [4.69, 9.17) is 0 Å². The molecule has 0 aliphatic carbocycles. The van der Waals surface area contributed by atoms with E-state index in [1.54, 1.807) is 6.08 Å². The maximum Gasteiger partial charge on any atom is 0.220 e. The Hall–Kier alpha value is -1.39. The lowest BCUT2D eigenvalue weighted by Gasteiger charge is -2.19. The Morgan fingerprint density at radius 3 is 1.16 bits per heavy atom. The van der Waals surface area contributed by atoms with Gasteiger partial charge in [0.1, 0.15) is 0 Å². The van der Waals surface area contributed by atoms with Crippen molar-refractivity contribution in [3.63, 3.8) is 0 Å². The second-order valence-corrected chi connectivity index (χ2v) is 15.1. The fourth-order valence-corrected chi connectivity index (χ4v) is 6.66. The molecule has 0 aromatic heterocycles. The van der Waals surface area contributed by atoms with E-state index >= 15 is 0 Å². The summed E-state index contributed by atoms with van der Waals surface area (Å²) in [6, 6.07) is -0.637. The third-order valence-corrected chi connectivity index (χ3v) is 10.1. The lowest BCUT2D eigenvalue weighted by atomic mass is 10.0.